The smallest absolute Gasteiger partial charge is 0.161 e. The largest absolute Gasteiger partial charge is 0.493 e. The van der Waals surface area contributed by atoms with Crippen molar-refractivity contribution in [2.45, 2.75) is 27.2 Å². The van der Waals surface area contributed by atoms with Gasteiger partial charge in [-0.3, -0.25) is 0 Å². The minimum Gasteiger partial charge on any atom is -0.493 e. The molecule has 1 heterocycles. The number of H-pyrrole nitrogens is 1. The number of aryl methyl sites for hydroxylation is 2. The number of rotatable bonds is 6. The molecule has 0 bridgehead atoms. The van der Waals surface area contributed by atoms with Crippen molar-refractivity contribution in [2.24, 2.45) is 0 Å². The second kappa shape index (κ2) is 7.96. The number of aromatic nitrogens is 2. The summed E-state index contributed by atoms with van der Waals surface area (Å²) in [4.78, 5) is 7.83. The SMILES string of the molecule is CCCOc1ccc(/C=C(/C#N)c2nc3cc(C)c(C)cc3[nH]2)cc1OC. The average Bonchev–Trinajstić information content (AvgIpc) is 3.07. The Labute approximate surface area is 159 Å². The molecule has 1 aromatic heterocycles. The molecule has 0 fully saturated rings. The molecule has 5 nitrogen and oxygen atoms in total. The van der Waals surface area contributed by atoms with Gasteiger partial charge in [-0.15, -0.1) is 0 Å². The van der Waals surface area contributed by atoms with Gasteiger partial charge >= 0.3 is 0 Å². The van der Waals surface area contributed by atoms with Crippen molar-refractivity contribution in [3.63, 3.8) is 0 Å². The highest BCUT2D eigenvalue weighted by Crippen LogP contribution is 2.30. The lowest BCUT2D eigenvalue weighted by molar-refractivity contribution is 0.294. The van der Waals surface area contributed by atoms with Crippen molar-refractivity contribution in [1.29, 1.82) is 5.26 Å². The number of nitriles is 1. The molecule has 0 atom stereocenters. The zero-order valence-electron chi connectivity index (χ0n) is 16.1. The molecule has 0 saturated heterocycles. The van der Waals surface area contributed by atoms with Crippen LogP contribution in [0.1, 0.15) is 35.9 Å². The summed E-state index contributed by atoms with van der Waals surface area (Å²) >= 11 is 0. The Kier molecular flexibility index (Phi) is 5.46. The van der Waals surface area contributed by atoms with Gasteiger partial charge in [0.1, 0.15) is 11.9 Å². The maximum atomic E-state index is 9.64. The number of hydrogen-bond acceptors (Lipinski definition) is 4. The Morgan fingerprint density at radius 2 is 1.96 bits per heavy atom. The van der Waals surface area contributed by atoms with E-state index in [0.717, 1.165) is 23.0 Å². The van der Waals surface area contributed by atoms with Gasteiger partial charge < -0.3 is 14.5 Å². The van der Waals surface area contributed by atoms with Gasteiger partial charge in [-0.05, 0) is 67.3 Å². The summed E-state index contributed by atoms with van der Waals surface area (Å²) in [5.41, 5.74) is 5.46. The first kappa shape index (κ1) is 18.5. The third kappa shape index (κ3) is 3.95. The minimum atomic E-state index is 0.464. The highest BCUT2D eigenvalue weighted by molar-refractivity contribution is 5.90. The van der Waals surface area contributed by atoms with E-state index in [2.05, 4.69) is 42.9 Å². The van der Waals surface area contributed by atoms with Gasteiger partial charge in [0, 0.05) is 0 Å². The number of nitrogens with one attached hydrogen (secondary N) is 1. The maximum absolute atomic E-state index is 9.64. The summed E-state index contributed by atoms with van der Waals surface area (Å²) in [7, 11) is 1.61. The van der Waals surface area contributed by atoms with E-state index >= 15 is 0 Å². The van der Waals surface area contributed by atoms with Gasteiger partial charge in [0.2, 0.25) is 0 Å². The third-order valence-electron chi connectivity index (χ3n) is 4.43. The molecule has 0 saturated carbocycles. The molecule has 0 unspecified atom stereocenters. The summed E-state index contributed by atoms with van der Waals surface area (Å²) in [6.45, 7) is 6.80. The molecule has 0 aliphatic carbocycles. The molecule has 0 spiro atoms. The van der Waals surface area contributed by atoms with Crippen LogP contribution in [0, 0.1) is 25.2 Å². The van der Waals surface area contributed by atoms with Crippen LogP contribution < -0.4 is 9.47 Å². The van der Waals surface area contributed by atoms with Gasteiger partial charge in [-0.2, -0.15) is 5.26 Å². The molecule has 2 aromatic carbocycles. The van der Waals surface area contributed by atoms with Crippen LogP contribution in [0.2, 0.25) is 0 Å². The Bertz CT molecular complexity index is 1000. The van der Waals surface area contributed by atoms with Gasteiger partial charge in [-0.25, -0.2) is 4.98 Å². The second-order valence-corrected chi connectivity index (χ2v) is 6.47. The fourth-order valence-electron chi connectivity index (χ4n) is 2.82. The number of fused-ring (bicyclic) bond motifs is 1. The predicted molar refractivity (Wildman–Crippen MR) is 108 cm³/mol. The first-order valence-corrected chi connectivity index (χ1v) is 8.95. The van der Waals surface area contributed by atoms with Crippen molar-refractivity contribution in [3.05, 3.63) is 52.8 Å². The minimum absolute atomic E-state index is 0.464. The molecule has 3 aromatic rings. The van der Waals surface area contributed by atoms with Crippen LogP contribution in [-0.2, 0) is 0 Å². The van der Waals surface area contributed by atoms with Crippen LogP contribution in [0.4, 0.5) is 0 Å². The van der Waals surface area contributed by atoms with E-state index < -0.39 is 0 Å². The number of methoxy groups -OCH3 is 1. The Hall–Kier alpha value is -3.26. The highest BCUT2D eigenvalue weighted by atomic mass is 16.5. The van der Waals surface area contributed by atoms with Gasteiger partial charge in [0.15, 0.2) is 11.5 Å². The quantitative estimate of drug-likeness (QED) is 0.624. The lowest BCUT2D eigenvalue weighted by Gasteiger charge is -2.10. The first-order chi connectivity index (χ1) is 13.0. The van der Waals surface area contributed by atoms with E-state index in [1.807, 2.05) is 24.3 Å². The number of allylic oxidation sites excluding steroid dienone is 1. The zero-order valence-corrected chi connectivity index (χ0v) is 16.1. The topological polar surface area (TPSA) is 70.9 Å². The predicted octanol–water partition coefficient (Wildman–Crippen LogP) is 5.04. The van der Waals surface area contributed by atoms with Crippen LogP contribution in [0.25, 0.3) is 22.7 Å². The van der Waals surface area contributed by atoms with E-state index in [4.69, 9.17) is 9.47 Å². The summed E-state index contributed by atoms with van der Waals surface area (Å²) < 4.78 is 11.1. The lowest BCUT2D eigenvalue weighted by atomic mass is 10.1. The summed E-state index contributed by atoms with van der Waals surface area (Å²) in [6, 6.07) is 12.0. The van der Waals surface area contributed by atoms with Crippen molar-refractivity contribution < 1.29 is 9.47 Å². The van der Waals surface area contributed by atoms with Crippen LogP contribution in [-0.4, -0.2) is 23.7 Å². The number of benzene rings is 2. The van der Waals surface area contributed by atoms with Crippen molar-refractivity contribution in [3.8, 4) is 17.6 Å². The summed E-state index contributed by atoms with van der Waals surface area (Å²) in [5.74, 6) is 1.90. The Balaban J connectivity index is 1.98. The van der Waals surface area contributed by atoms with Crippen LogP contribution >= 0.6 is 0 Å². The number of ether oxygens (including phenoxy) is 2. The number of hydrogen-bond donors (Lipinski definition) is 1. The molecular weight excluding hydrogens is 338 g/mol. The second-order valence-electron chi connectivity index (χ2n) is 6.47. The number of aromatic amines is 1. The molecular formula is C22H23N3O2. The van der Waals surface area contributed by atoms with Gasteiger partial charge in [-0.1, -0.05) is 13.0 Å². The number of nitrogens with zero attached hydrogens (tertiary/aromatic N) is 2. The Morgan fingerprint density at radius 1 is 1.19 bits per heavy atom. The molecule has 138 valence electrons. The molecule has 0 radical (unpaired) electrons. The fourth-order valence-corrected chi connectivity index (χ4v) is 2.82. The molecule has 27 heavy (non-hydrogen) atoms. The standard InChI is InChI=1S/C22H23N3O2/c1-5-8-27-20-7-6-16(12-21(20)26-4)11-17(13-23)22-24-18-9-14(2)15(3)10-19(18)25-22/h6-7,9-12H,5,8H2,1-4H3,(H,24,25)/b17-11-. The van der Waals surface area contributed by atoms with Crippen molar-refractivity contribution in [1.82, 2.24) is 9.97 Å². The first-order valence-electron chi connectivity index (χ1n) is 8.95. The highest BCUT2D eigenvalue weighted by Gasteiger charge is 2.11. The molecule has 5 heteroatoms. The molecule has 1 N–H and O–H groups in total. The molecule has 3 rings (SSSR count). The zero-order chi connectivity index (χ0) is 19.4. The van der Waals surface area contributed by atoms with Crippen molar-refractivity contribution in [2.75, 3.05) is 13.7 Å². The molecule has 0 amide bonds. The van der Waals surface area contributed by atoms with Crippen LogP contribution in [0.5, 0.6) is 11.5 Å². The lowest BCUT2D eigenvalue weighted by Crippen LogP contribution is -1.98. The van der Waals surface area contributed by atoms with E-state index in [0.29, 0.717) is 29.5 Å². The normalized spacial score (nSPS) is 11.4. The van der Waals surface area contributed by atoms with E-state index in [1.165, 1.54) is 11.1 Å². The Morgan fingerprint density at radius 3 is 2.67 bits per heavy atom. The van der Waals surface area contributed by atoms with E-state index in [1.54, 1.807) is 13.2 Å². The monoisotopic (exact) mass is 361 g/mol. The summed E-state index contributed by atoms with van der Waals surface area (Å²) in [6.07, 6.45) is 2.72. The van der Waals surface area contributed by atoms with Crippen LogP contribution in [0.15, 0.2) is 30.3 Å². The summed E-state index contributed by atoms with van der Waals surface area (Å²) in [5, 5.41) is 9.64. The van der Waals surface area contributed by atoms with Crippen molar-refractivity contribution >= 4 is 22.7 Å². The number of imidazole rings is 1. The van der Waals surface area contributed by atoms with E-state index in [9.17, 15) is 5.26 Å². The van der Waals surface area contributed by atoms with E-state index in [-0.39, 0.29) is 0 Å². The van der Waals surface area contributed by atoms with Crippen LogP contribution in [0.3, 0.4) is 0 Å². The molecule has 0 aliphatic heterocycles. The third-order valence-corrected chi connectivity index (χ3v) is 4.43. The van der Waals surface area contributed by atoms with Gasteiger partial charge in [0.05, 0.1) is 30.3 Å². The maximum Gasteiger partial charge on any atom is 0.161 e. The fraction of sp³-hybridized carbons (Fsp3) is 0.273. The molecule has 0 aliphatic rings. The van der Waals surface area contributed by atoms with Gasteiger partial charge in [0.25, 0.3) is 0 Å². The average molecular weight is 361 g/mol.